The summed E-state index contributed by atoms with van der Waals surface area (Å²) >= 11 is 0.768. The van der Waals surface area contributed by atoms with Crippen molar-refractivity contribution in [2.45, 2.75) is 36.3 Å². The first-order chi connectivity index (χ1) is 12.6. The van der Waals surface area contributed by atoms with Crippen LogP contribution in [0.25, 0.3) is 0 Å². The fourth-order valence-corrected chi connectivity index (χ4v) is 3.92. The number of hydrogen-bond acceptors (Lipinski definition) is 11. The number of aliphatic imine (C=N–C) groups is 1. The predicted molar refractivity (Wildman–Crippen MR) is 95.2 cm³/mol. The molecule has 10 nitrogen and oxygen atoms in total. The molecule has 1 aliphatic heterocycles. The summed E-state index contributed by atoms with van der Waals surface area (Å²) in [5.41, 5.74) is -0.530. The first-order valence-electron chi connectivity index (χ1n) is 7.82. The Labute approximate surface area is 208 Å². The zero-order chi connectivity index (χ0) is 20.2. The Morgan fingerprint density at radius 1 is 1.14 bits per heavy atom. The van der Waals surface area contributed by atoms with Gasteiger partial charge in [0.1, 0.15) is 51.6 Å². The molecule has 0 spiro atoms. The van der Waals surface area contributed by atoms with Crippen LogP contribution in [0.2, 0.25) is 0 Å². The van der Waals surface area contributed by atoms with Crippen LogP contribution in [0.1, 0.15) is 5.56 Å². The van der Waals surface area contributed by atoms with Gasteiger partial charge in [-0.05, 0) is 17.7 Å². The van der Waals surface area contributed by atoms with E-state index in [1.54, 1.807) is 12.1 Å². The van der Waals surface area contributed by atoms with Gasteiger partial charge in [0.25, 0.3) is 0 Å². The van der Waals surface area contributed by atoms with Gasteiger partial charge in [-0.2, -0.15) is 0 Å². The average molecular weight is 462 g/mol. The number of aliphatic hydroxyl groups is 4. The summed E-state index contributed by atoms with van der Waals surface area (Å²) in [6, 6.07) is 5.94. The van der Waals surface area contributed by atoms with Gasteiger partial charge < -0.3 is 34.8 Å². The average Bonchev–Trinajstić information content (AvgIpc) is 2.61. The number of hydrogen-bond donors (Lipinski definition) is 5. The molecule has 0 saturated carbocycles. The van der Waals surface area contributed by atoms with E-state index in [1.165, 1.54) is 12.1 Å². The van der Waals surface area contributed by atoms with Crippen LogP contribution in [0, 0.1) is 0 Å². The molecular weight excluding hydrogens is 441 g/mol. The standard InChI is InChI=1S/C15H21NO9S2.K/c17-6-10-12(19)13(20)14(21)15(25-10)26-11(16-7-27(22,23)24)5-8-1-3-9(18)4-2-8;/h1-4,10,12-15,17-21H,5-7H2,(H,22,23,24);/q;+1/p-1/b16-11+;/t10-,12-,13+,14-,15+;/m1./s1. The summed E-state index contributed by atoms with van der Waals surface area (Å²) < 4.78 is 38.0. The number of benzene rings is 1. The van der Waals surface area contributed by atoms with Gasteiger partial charge in [-0.3, -0.25) is 4.99 Å². The molecule has 0 aliphatic carbocycles. The van der Waals surface area contributed by atoms with Crippen LogP contribution in [-0.4, -0.2) is 85.9 Å². The Morgan fingerprint density at radius 3 is 2.29 bits per heavy atom. The molecule has 28 heavy (non-hydrogen) atoms. The van der Waals surface area contributed by atoms with Crippen LogP contribution in [0.3, 0.4) is 0 Å². The minimum absolute atomic E-state index is 0. The molecule has 13 heteroatoms. The second kappa shape index (κ2) is 11.7. The number of phenols is 1. The predicted octanol–water partition coefficient (Wildman–Crippen LogP) is -4.63. The molecule has 5 atom stereocenters. The summed E-state index contributed by atoms with van der Waals surface area (Å²) in [5.74, 6) is -0.994. The number of thioether (sulfide) groups is 1. The molecule has 1 saturated heterocycles. The molecule has 5 N–H and O–H groups in total. The van der Waals surface area contributed by atoms with Gasteiger partial charge in [0.2, 0.25) is 0 Å². The second-order valence-corrected chi connectivity index (χ2v) is 8.44. The SMILES string of the molecule is O=S(=O)([O-])C/N=C(\Cc1ccc(O)cc1)S[C@@H]1O[C@H](CO)[C@@H](O)[C@H](O)[C@H]1O.[K+]. The largest absolute Gasteiger partial charge is 1.00 e. The van der Waals surface area contributed by atoms with Crippen molar-refractivity contribution in [2.24, 2.45) is 4.99 Å². The third kappa shape index (κ3) is 7.90. The maximum atomic E-state index is 10.9. The van der Waals surface area contributed by atoms with Gasteiger partial charge >= 0.3 is 51.4 Å². The molecule has 2 rings (SSSR count). The fourth-order valence-electron chi connectivity index (χ4n) is 2.37. The molecule has 0 aromatic heterocycles. The Hall–Kier alpha value is 0.386. The first kappa shape index (κ1) is 26.4. The maximum absolute atomic E-state index is 10.9. The van der Waals surface area contributed by atoms with Gasteiger partial charge in [-0.1, -0.05) is 23.9 Å². The van der Waals surface area contributed by atoms with Gasteiger partial charge in [-0.25, -0.2) is 8.42 Å². The van der Waals surface area contributed by atoms with Crippen molar-refractivity contribution in [3.8, 4) is 5.75 Å². The zero-order valence-electron chi connectivity index (χ0n) is 15.0. The van der Waals surface area contributed by atoms with Crippen molar-refractivity contribution in [2.75, 3.05) is 12.5 Å². The van der Waals surface area contributed by atoms with Crippen molar-refractivity contribution in [3.05, 3.63) is 29.8 Å². The molecule has 1 aliphatic rings. The van der Waals surface area contributed by atoms with E-state index in [-0.39, 0.29) is 68.6 Å². The molecular formula is C15H20KNO9S2. The van der Waals surface area contributed by atoms with Crippen LogP contribution < -0.4 is 51.4 Å². The van der Waals surface area contributed by atoms with Crippen molar-refractivity contribution in [1.82, 2.24) is 0 Å². The molecule has 1 heterocycles. The van der Waals surface area contributed by atoms with Crippen molar-refractivity contribution >= 4 is 26.9 Å². The number of aromatic hydroxyl groups is 1. The summed E-state index contributed by atoms with van der Waals surface area (Å²) in [6.07, 6.45) is -5.72. The summed E-state index contributed by atoms with van der Waals surface area (Å²) in [6.45, 7) is -0.610. The van der Waals surface area contributed by atoms with Gasteiger partial charge in [-0.15, -0.1) is 0 Å². The Morgan fingerprint density at radius 2 is 1.75 bits per heavy atom. The summed E-state index contributed by atoms with van der Waals surface area (Å²) in [5, 5.41) is 48.4. The normalized spacial score (nSPS) is 28.6. The van der Waals surface area contributed by atoms with Crippen molar-refractivity contribution in [1.29, 1.82) is 0 Å². The number of aliphatic hydroxyl groups excluding tert-OH is 4. The fraction of sp³-hybridized carbons (Fsp3) is 0.533. The topological polar surface area (TPSA) is 180 Å². The number of rotatable bonds is 6. The number of nitrogens with zero attached hydrogens (tertiary/aromatic N) is 1. The van der Waals surface area contributed by atoms with E-state index in [0.29, 0.717) is 5.56 Å². The number of ether oxygens (including phenoxy) is 1. The molecule has 1 aromatic rings. The Bertz CT molecular complexity index is 757. The van der Waals surface area contributed by atoms with Crippen LogP contribution >= 0.6 is 11.8 Å². The molecule has 0 radical (unpaired) electrons. The van der Waals surface area contributed by atoms with E-state index in [1.807, 2.05) is 0 Å². The number of phenolic OH excluding ortho intramolecular Hbond substituents is 1. The van der Waals surface area contributed by atoms with Gasteiger partial charge in [0.05, 0.1) is 11.7 Å². The second-order valence-electron chi connectivity index (χ2n) is 5.90. The van der Waals surface area contributed by atoms with Gasteiger partial charge in [0.15, 0.2) is 0 Å². The minimum atomic E-state index is -4.63. The van der Waals surface area contributed by atoms with E-state index < -0.39 is 52.5 Å². The van der Waals surface area contributed by atoms with E-state index in [0.717, 1.165) is 11.8 Å². The molecule has 0 bridgehead atoms. The van der Waals surface area contributed by atoms with Crippen LogP contribution in [0.4, 0.5) is 0 Å². The third-order valence-electron chi connectivity index (χ3n) is 3.79. The van der Waals surface area contributed by atoms with Crippen LogP contribution in [-0.2, 0) is 21.3 Å². The maximum Gasteiger partial charge on any atom is 1.00 e. The van der Waals surface area contributed by atoms with Crippen molar-refractivity contribution in [3.63, 3.8) is 0 Å². The van der Waals surface area contributed by atoms with Crippen molar-refractivity contribution < 1.29 is 94.6 Å². The molecule has 1 fully saturated rings. The van der Waals surface area contributed by atoms with E-state index in [2.05, 4.69) is 4.99 Å². The smallest absolute Gasteiger partial charge is 0.747 e. The molecule has 152 valence electrons. The monoisotopic (exact) mass is 461 g/mol. The summed E-state index contributed by atoms with van der Waals surface area (Å²) in [7, 11) is -4.63. The molecule has 0 unspecified atom stereocenters. The van der Waals surface area contributed by atoms with Gasteiger partial charge in [0, 0.05) is 6.42 Å². The quantitative estimate of drug-likeness (QED) is 0.120. The molecule has 1 aromatic carbocycles. The summed E-state index contributed by atoms with van der Waals surface area (Å²) in [4.78, 5) is 3.76. The van der Waals surface area contributed by atoms with E-state index >= 15 is 0 Å². The minimum Gasteiger partial charge on any atom is -0.747 e. The van der Waals surface area contributed by atoms with Crippen LogP contribution in [0.15, 0.2) is 29.3 Å². The zero-order valence-corrected chi connectivity index (χ0v) is 19.7. The van der Waals surface area contributed by atoms with E-state index in [4.69, 9.17) is 4.74 Å². The third-order valence-corrected chi connectivity index (χ3v) is 5.40. The first-order valence-corrected chi connectivity index (χ1v) is 10.3. The molecule has 0 amide bonds. The Balaban J connectivity index is 0.00000392. The Kier molecular flexibility index (Phi) is 11.0. The van der Waals surface area contributed by atoms with Crippen LogP contribution in [0.5, 0.6) is 5.75 Å². The van der Waals surface area contributed by atoms with E-state index in [9.17, 15) is 38.5 Å².